The second kappa shape index (κ2) is 5.23. The molecule has 0 amide bonds. The Bertz CT molecular complexity index is 474. The number of fused-ring (bicyclic) bond motifs is 1. The molecular formula is C13H19ClN4O. The van der Waals surface area contributed by atoms with Gasteiger partial charge in [-0.1, -0.05) is 0 Å². The van der Waals surface area contributed by atoms with Crippen molar-refractivity contribution in [2.75, 3.05) is 31.2 Å². The summed E-state index contributed by atoms with van der Waals surface area (Å²) in [5.74, 6) is 1.00. The van der Waals surface area contributed by atoms with E-state index in [1.165, 1.54) is 5.56 Å². The van der Waals surface area contributed by atoms with Gasteiger partial charge in [0, 0.05) is 37.8 Å². The Kier molecular flexibility index (Phi) is 3.60. The van der Waals surface area contributed by atoms with Crippen molar-refractivity contribution in [3.05, 3.63) is 16.5 Å². The molecule has 1 fully saturated rings. The molecule has 1 aromatic heterocycles. The topological polar surface area (TPSA) is 41.5 Å². The monoisotopic (exact) mass is 282 g/mol. The van der Waals surface area contributed by atoms with E-state index >= 15 is 0 Å². The molecule has 104 valence electrons. The van der Waals surface area contributed by atoms with E-state index in [9.17, 15) is 0 Å². The number of hydrogen-bond acceptors (Lipinski definition) is 5. The van der Waals surface area contributed by atoms with E-state index < -0.39 is 0 Å². The molecule has 3 rings (SSSR count). The molecule has 0 spiro atoms. The molecule has 3 heterocycles. The van der Waals surface area contributed by atoms with Crippen molar-refractivity contribution < 1.29 is 4.74 Å². The zero-order valence-electron chi connectivity index (χ0n) is 11.4. The summed E-state index contributed by atoms with van der Waals surface area (Å²) in [7, 11) is 0. The molecule has 0 aromatic carbocycles. The smallest absolute Gasteiger partial charge is 0.224 e. The number of halogens is 1. The van der Waals surface area contributed by atoms with Crippen LogP contribution in [0.2, 0.25) is 5.28 Å². The molecule has 19 heavy (non-hydrogen) atoms. The maximum atomic E-state index is 6.08. The van der Waals surface area contributed by atoms with E-state index in [1.807, 2.05) is 0 Å². The van der Waals surface area contributed by atoms with Crippen molar-refractivity contribution in [2.24, 2.45) is 0 Å². The fraction of sp³-hybridized carbons (Fsp3) is 0.692. The first-order valence-electron chi connectivity index (χ1n) is 6.77. The maximum Gasteiger partial charge on any atom is 0.224 e. The second-order valence-electron chi connectivity index (χ2n) is 5.34. The Morgan fingerprint density at radius 2 is 1.89 bits per heavy atom. The molecule has 0 bridgehead atoms. The third-order valence-corrected chi connectivity index (χ3v) is 3.97. The van der Waals surface area contributed by atoms with E-state index in [1.54, 1.807) is 0 Å². The van der Waals surface area contributed by atoms with Crippen LogP contribution in [-0.2, 0) is 17.8 Å². The van der Waals surface area contributed by atoms with Crippen molar-refractivity contribution in [3.8, 4) is 0 Å². The lowest BCUT2D eigenvalue weighted by atomic mass is 10.2. The molecule has 0 saturated carbocycles. The Labute approximate surface area is 118 Å². The molecule has 2 aliphatic rings. The van der Waals surface area contributed by atoms with Crippen LogP contribution in [-0.4, -0.2) is 47.2 Å². The molecule has 0 radical (unpaired) electrons. The fourth-order valence-corrected chi connectivity index (χ4v) is 2.82. The molecule has 6 heteroatoms. The van der Waals surface area contributed by atoms with Gasteiger partial charge in [0.05, 0.1) is 18.9 Å². The van der Waals surface area contributed by atoms with Crippen LogP contribution in [0.1, 0.15) is 25.1 Å². The van der Waals surface area contributed by atoms with E-state index in [0.717, 1.165) is 50.9 Å². The number of aromatic nitrogens is 2. The second-order valence-corrected chi connectivity index (χ2v) is 5.68. The van der Waals surface area contributed by atoms with E-state index in [2.05, 4.69) is 33.6 Å². The molecule has 1 aromatic rings. The van der Waals surface area contributed by atoms with Gasteiger partial charge in [-0.25, -0.2) is 9.97 Å². The lowest BCUT2D eigenvalue weighted by Gasteiger charge is -2.29. The van der Waals surface area contributed by atoms with Crippen molar-refractivity contribution in [2.45, 2.75) is 33.0 Å². The molecule has 0 N–H and O–H groups in total. The largest absolute Gasteiger partial charge is 0.378 e. The van der Waals surface area contributed by atoms with Gasteiger partial charge >= 0.3 is 0 Å². The Hall–Kier alpha value is -0.910. The normalized spacial score (nSPS) is 20.1. The Morgan fingerprint density at radius 1 is 1.16 bits per heavy atom. The van der Waals surface area contributed by atoms with Crippen LogP contribution in [0, 0.1) is 0 Å². The van der Waals surface area contributed by atoms with Gasteiger partial charge in [-0.15, -0.1) is 0 Å². The zero-order valence-corrected chi connectivity index (χ0v) is 12.2. The number of hydrogen-bond donors (Lipinski definition) is 0. The molecular weight excluding hydrogens is 264 g/mol. The van der Waals surface area contributed by atoms with Crippen molar-refractivity contribution in [1.29, 1.82) is 0 Å². The predicted molar refractivity (Wildman–Crippen MR) is 74.5 cm³/mol. The van der Waals surface area contributed by atoms with Crippen LogP contribution < -0.4 is 4.90 Å². The van der Waals surface area contributed by atoms with E-state index in [0.29, 0.717) is 11.3 Å². The SMILES string of the molecule is CC(C)N1Cc2nc(Cl)nc(N3CCOCC3)c2C1. The molecule has 2 aliphatic heterocycles. The minimum atomic E-state index is 0.353. The fourth-order valence-electron chi connectivity index (χ4n) is 2.63. The molecule has 0 unspecified atom stereocenters. The maximum absolute atomic E-state index is 6.08. The third kappa shape index (κ3) is 2.55. The molecule has 5 nitrogen and oxygen atoms in total. The van der Waals surface area contributed by atoms with Crippen LogP contribution in [0.5, 0.6) is 0 Å². The first-order valence-corrected chi connectivity index (χ1v) is 7.15. The molecule has 0 aliphatic carbocycles. The van der Waals surface area contributed by atoms with E-state index in [-0.39, 0.29) is 0 Å². The molecule has 0 atom stereocenters. The van der Waals surface area contributed by atoms with Crippen LogP contribution in [0.3, 0.4) is 0 Å². The number of morpholine rings is 1. The highest BCUT2D eigenvalue weighted by molar-refractivity contribution is 6.28. The summed E-state index contributed by atoms with van der Waals surface area (Å²) in [6.45, 7) is 9.45. The summed E-state index contributed by atoms with van der Waals surface area (Å²) < 4.78 is 5.40. The first kappa shape index (κ1) is 13.1. The molecule has 1 saturated heterocycles. The highest BCUT2D eigenvalue weighted by Gasteiger charge is 2.29. The van der Waals surface area contributed by atoms with Crippen LogP contribution in [0.15, 0.2) is 0 Å². The lowest BCUT2D eigenvalue weighted by Crippen LogP contribution is -2.37. The summed E-state index contributed by atoms with van der Waals surface area (Å²) in [6, 6.07) is 0.505. The predicted octanol–water partition coefficient (Wildman–Crippen LogP) is 1.69. The van der Waals surface area contributed by atoms with Crippen molar-refractivity contribution >= 4 is 17.4 Å². The van der Waals surface area contributed by atoms with Gasteiger partial charge in [0.15, 0.2) is 0 Å². The highest BCUT2D eigenvalue weighted by atomic mass is 35.5. The summed E-state index contributed by atoms with van der Waals surface area (Å²) in [5, 5.41) is 0.353. The Balaban J connectivity index is 1.93. The number of rotatable bonds is 2. The van der Waals surface area contributed by atoms with E-state index in [4.69, 9.17) is 16.3 Å². The zero-order chi connectivity index (χ0) is 13.4. The van der Waals surface area contributed by atoms with Crippen LogP contribution in [0.25, 0.3) is 0 Å². The van der Waals surface area contributed by atoms with Gasteiger partial charge in [0.25, 0.3) is 0 Å². The summed E-state index contributed by atoms with van der Waals surface area (Å²) in [6.07, 6.45) is 0. The van der Waals surface area contributed by atoms with Crippen LogP contribution in [0.4, 0.5) is 5.82 Å². The number of ether oxygens (including phenoxy) is 1. The van der Waals surface area contributed by atoms with Gasteiger partial charge in [-0.2, -0.15) is 0 Å². The minimum absolute atomic E-state index is 0.353. The lowest BCUT2D eigenvalue weighted by molar-refractivity contribution is 0.122. The average molecular weight is 283 g/mol. The van der Waals surface area contributed by atoms with Gasteiger partial charge in [0.2, 0.25) is 5.28 Å². The van der Waals surface area contributed by atoms with Crippen molar-refractivity contribution in [3.63, 3.8) is 0 Å². The number of anilines is 1. The Morgan fingerprint density at radius 3 is 2.58 bits per heavy atom. The summed E-state index contributed by atoms with van der Waals surface area (Å²) in [5.41, 5.74) is 2.31. The first-order chi connectivity index (χ1) is 9.15. The van der Waals surface area contributed by atoms with Gasteiger partial charge in [-0.3, -0.25) is 4.90 Å². The quantitative estimate of drug-likeness (QED) is 0.772. The van der Waals surface area contributed by atoms with Crippen molar-refractivity contribution in [1.82, 2.24) is 14.9 Å². The van der Waals surface area contributed by atoms with Gasteiger partial charge in [0.1, 0.15) is 5.82 Å². The minimum Gasteiger partial charge on any atom is -0.378 e. The average Bonchev–Trinajstić information content (AvgIpc) is 2.82. The highest BCUT2D eigenvalue weighted by Crippen LogP contribution is 2.31. The van der Waals surface area contributed by atoms with Gasteiger partial charge < -0.3 is 9.64 Å². The van der Waals surface area contributed by atoms with Crippen LogP contribution >= 0.6 is 11.6 Å². The summed E-state index contributed by atoms with van der Waals surface area (Å²) in [4.78, 5) is 13.5. The standard InChI is InChI=1S/C13H19ClN4O/c1-9(2)18-7-10-11(8-18)15-13(14)16-12(10)17-3-5-19-6-4-17/h9H,3-8H2,1-2H3. The summed E-state index contributed by atoms with van der Waals surface area (Å²) >= 11 is 6.08. The third-order valence-electron chi connectivity index (χ3n) is 3.80. The van der Waals surface area contributed by atoms with Gasteiger partial charge in [-0.05, 0) is 25.4 Å². The number of nitrogens with zero attached hydrogens (tertiary/aromatic N) is 4.